The van der Waals surface area contributed by atoms with Crippen molar-refractivity contribution in [1.29, 1.82) is 0 Å². The fourth-order valence-corrected chi connectivity index (χ4v) is 2.06. The van der Waals surface area contributed by atoms with Crippen LogP contribution in [0.1, 0.15) is 43.3 Å². The van der Waals surface area contributed by atoms with Crippen molar-refractivity contribution in [2.45, 2.75) is 46.8 Å². The third kappa shape index (κ3) is 2.83. The van der Waals surface area contributed by atoms with Gasteiger partial charge in [0.25, 0.3) is 0 Å². The highest BCUT2D eigenvalue weighted by Gasteiger charge is 2.17. The minimum atomic E-state index is 0.0779. The third-order valence-electron chi connectivity index (χ3n) is 2.77. The van der Waals surface area contributed by atoms with Crippen molar-refractivity contribution < 1.29 is 4.74 Å². The number of aryl methyl sites for hydroxylation is 2. The summed E-state index contributed by atoms with van der Waals surface area (Å²) in [5, 5.41) is 4.53. The van der Waals surface area contributed by atoms with Crippen LogP contribution in [-0.4, -0.2) is 22.9 Å². The quantitative estimate of drug-likeness (QED) is 0.805. The monoisotopic (exact) mass is 225 g/mol. The zero-order valence-corrected chi connectivity index (χ0v) is 10.8. The maximum absolute atomic E-state index is 5.65. The van der Waals surface area contributed by atoms with Gasteiger partial charge < -0.3 is 10.5 Å². The SMILES string of the molecule is CCCn1nc(C)c([C@H](C)OCCN)c1C. The number of nitrogens with two attached hydrogens (primary N) is 1. The molecule has 1 aromatic rings. The highest BCUT2D eigenvalue weighted by Crippen LogP contribution is 2.24. The molecule has 0 unspecified atom stereocenters. The molecule has 0 aliphatic heterocycles. The molecule has 16 heavy (non-hydrogen) atoms. The second kappa shape index (κ2) is 6.01. The van der Waals surface area contributed by atoms with Gasteiger partial charge >= 0.3 is 0 Å². The van der Waals surface area contributed by atoms with Crippen LogP contribution in [0.2, 0.25) is 0 Å². The van der Waals surface area contributed by atoms with Crippen LogP contribution in [0, 0.1) is 13.8 Å². The number of aromatic nitrogens is 2. The van der Waals surface area contributed by atoms with Crippen LogP contribution in [-0.2, 0) is 11.3 Å². The Morgan fingerprint density at radius 1 is 1.44 bits per heavy atom. The van der Waals surface area contributed by atoms with E-state index < -0.39 is 0 Å². The number of ether oxygens (including phenoxy) is 1. The van der Waals surface area contributed by atoms with Gasteiger partial charge in [0.15, 0.2) is 0 Å². The summed E-state index contributed by atoms with van der Waals surface area (Å²) in [5.41, 5.74) is 8.93. The predicted molar refractivity (Wildman–Crippen MR) is 65.4 cm³/mol. The van der Waals surface area contributed by atoms with E-state index in [1.165, 1.54) is 11.3 Å². The zero-order valence-electron chi connectivity index (χ0n) is 10.8. The average molecular weight is 225 g/mol. The first kappa shape index (κ1) is 13.2. The normalized spacial score (nSPS) is 13.1. The number of hydrogen-bond donors (Lipinski definition) is 1. The van der Waals surface area contributed by atoms with Gasteiger partial charge in [-0.3, -0.25) is 4.68 Å². The van der Waals surface area contributed by atoms with E-state index >= 15 is 0 Å². The Kier molecular flexibility index (Phi) is 4.96. The van der Waals surface area contributed by atoms with Crippen LogP contribution < -0.4 is 5.73 Å². The van der Waals surface area contributed by atoms with Gasteiger partial charge in [-0.2, -0.15) is 5.10 Å². The van der Waals surface area contributed by atoms with Crippen molar-refractivity contribution in [1.82, 2.24) is 9.78 Å². The van der Waals surface area contributed by atoms with Crippen LogP contribution in [0.5, 0.6) is 0 Å². The molecule has 0 aromatic carbocycles. The molecule has 0 aliphatic rings. The van der Waals surface area contributed by atoms with Crippen LogP contribution in [0.15, 0.2) is 0 Å². The molecule has 0 spiro atoms. The molecule has 0 aliphatic carbocycles. The lowest BCUT2D eigenvalue weighted by Gasteiger charge is -2.13. The lowest BCUT2D eigenvalue weighted by atomic mass is 10.1. The van der Waals surface area contributed by atoms with Crippen molar-refractivity contribution in [2.24, 2.45) is 5.73 Å². The topological polar surface area (TPSA) is 53.1 Å². The molecule has 1 heterocycles. The average Bonchev–Trinajstić information content (AvgIpc) is 2.52. The van der Waals surface area contributed by atoms with E-state index in [2.05, 4.69) is 30.6 Å². The molecular weight excluding hydrogens is 202 g/mol. The highest BCUT2D eigenvalue weighted by atomic mass is 16.5. The second-order valence-electron chi connectivity index (χ2n) is 4.11. The van der Waals surface area contributed by atoms with E-state index in [1.807, 2.05) is 6.92 Å². The van der Waals surface area contributed by atoms with Gasteiger partial charge in [-0.25, -0.2) is 0 Å². The minimum absolute atomic E-state index is 0.0779. The van der Waals surface area contributed by atoms with Crippen molar-refractivity contribution in [3.63, 3.8) is 0 Å². The molecule has 0 fully saturated rings. The van der Waals surface area contributed by atoms with Crippen LogP contribution >= 0.6 is 0 Å². The lowest BCUT2D eigenvalue weighted by molar-refractivity contribution is 0.0708. The van der Waals surface area contributed by atoms with E-state index in [4.69, 9.17) is 10.5 Å². The highest BCUT2D eigenvalue weighted by molar-refractivity contribution is 5.26. The molecule has 1 atom stereocenters. The van der Waals surface area contributed by atoms with Crippen LogP contribution in [0.25, 0.3) is 0 Å². The summed E-state index contributed by atoms with van der Waals surface area (Å²) in [6.07, 6.45) is 1.17. The predicted octanol–water partition coefficient (Wildman–Crippen LogP) is 1.95. The molecule has 1 aromatic heterocycles. The Morgan fingerprint density at radius 3 is 2.69 bits per heavy atom. The van der Waals surface area contributed by atoms with Gasteiger partial charge in [0, 0.05) is 24.3 Å². The molecule has 0 bridgehead atoms. The largest absolute Gasteiger partial charge is 0.372 e. The van der Waals surface area contributed by atoms with Crippen molar-refractivity contribution in [3.8, 4) is 0 Å². The van der Waals surface area contributed by atoms with Crippen molar-refractivity contribution >= 4 is 0 Å². The van der Waals surface area contributed by atoms with Gasteiger partial charge in [-0.15, -0.1) is 0 Å². The Hall–Kier alpha value is -0.870. The summed E-state index contributed by atoms with van der Waals surface area (Å²) in [5.74, 6) is 0. The summed E-state index contributed by atoms with van der Waals surface area (Å²) in [6, 6.07) is 0. The maximum atomic E-state index is 5.65. The van der Waals surface area contributed by atoms with E-state index in [0.29, 0.717) is 13.2 Å². The van der Waals surface area contributed by atoms with Gasteiger partial charge in [0.05, 0.1) is 18.4 Å². The van der Waals surface area contributed by atoms with Gasteiger partial charge in [-0.1, -0.05) is 6.92 Å². The van der Waals surface area contributed by atoms with E-state index in [1.54, 1.807) is 0 Å². The van der Waals surface area contributed by atoms with Gasteiger partial charge in [0.2, 0.25) is 0 Å². The summed E-state index contributed by atoms with van der Waals surface area (Å²) in [4.78, 5) is 0. The number of rotatable bonds is 6. The molecule has 0 saturated carbocycles. The lowest BCUT2D eigenvalue weighted by Crippen LogP contribution is -2.12. The van der Waals surface area contributed by atoms with Crippen molar-refractivity contribution in [3.05, 3.63) is 17.0 Å². The minimum Gasteiger partial charge on any atom is -0.372 e. The second-order valence-corrected chi connectivity index (χ2v) is 4.11. The maximum Gasteiger partial charge on any atom is 0.0833 e. The molecule has 4 nitrogen and oxygen atoms in total. The van der Waals surface area contributed by atoms with E-state index in [0.717, 1.165) is 18.7 Å². The smallest absolute Gasteiger partial charge is 0.0833 e. The summed E-state index contributed by atoms with van der Waals surface area (Å²) >= 11 is 0. The van der Waals surface area contributed by atoms with Crippen LogP contribution in [0.4, 0.5) is 0 Å². The first-order valence-electron chi connectivity index (χ1n) is 5.97. The Balaban J connectivity index is 2.86. The van der Waals surface area contributed by atoms with Gasteiger partial charge in [0.1, 0.15) is 0 Å². The Morgan fingerprint density at radius 2 is 2.12 bits per heavy atom. The first-order valence-corrected chi connectivity index (χ1v) is 5.97. The molecule has 0 radical (unpaired) electrons. The van der Waals surface area contributed by atoms with Crippen LogP contribution in [0.3, 0.4) is 0 Å². The first-order chi connectivity index (χ1) is 7.61. The zero-order chi connectivity index (χ0) is 12.1. The summed E-state index contributed by atoms with van der Waals surface area (Å²) < 4.78 is 7.71. The third-order valence-corrected chi connectivity index (χ3v) is 2.77. The Bertz CT molecular complexity index is 333. The molecule has 0 saturated heterocycles. The standard InChI is InChI=1S/C12H23N3O/c1-5-7-15-10(3)12(9(2)14-15)11(4)16-8-6-13/h11H,5-8,13H2,1-4H3/t11-/m0/s1. The summed E-state index contributed by atoms with van der Waals surface area (Å²) in [7, 11) is 0. The fraction of sp³-hybridized carbons (Fsp3) is 0.750. The molecule has 0 amide bonds. The fourth-order valence-electron chi connectivity index (χ4n) is 2.06. The van der Waals surface area contributed by atoms with E-state index in [9.17, 15) is 0 Å². The summed E-state index contributed by atoms with van der Waals surface area (Å²) in [6.45, 7) is 10.5. The molecule has 4 heteroatoms. The van der Waals surface area contributed by atoms with Gasteiger partial charge in [-0.05, 0) is 27.2 Å². The molecular formula is C12H23N3O. The molecule has 2 N–H and O–H groups in total. The number of nitrogens with zero attached hydrogens (tertiary/aromatic N) is 2. The number of hydrogen-bond acceptors (Lipinski definition) is 3. The molecule has 1 rings (SSSR count). The Labute approximate surface area is 97.8 Å². The van der Waals surface area contributed by atoms with E-state index in [-0.39, 0.29) is 6.10 Å². The molecule has 92 valence electrons. The van der Waals surface area contributed by atoms with Crippen molar-refractivity contribution in [2.75, 3.05) is 13.2 Å².